The molecular formula is C16H18N8O5S. The van der Waals surface area contributed by atoms with Crippen LogP contribution in [0.4, 0.5) is 14.4 Å². The second-order valence-electron chi connectivity index (χ2n) is 6.21. The number of aromatic nitrogens is 1. The summed E-state index contributed by atoms with van der Waals surface area (Å²) in [4.78, 5) is 68.0. The van der Waals surface area contributed by atoms with Crippen molar-refractivity contribution in [2.24, 2.45) is 10.7 Å². The number of pyridine rings is 1. The Morgan fingerprint density at radius 3 is 2.60 bits per heavy atom. The number of carbonyl (C=O) groups excluding carboxylic acids is 5. The molecular weight excluding hydrogens is 416 g/mol. The number of hydrogen-bond acceptors (Lipinski definition) is 8. The fourth-order valence-electron chi connectivity index (χ4n) is 2.60. The molecule has 0 fully saturated rings. The minimum Gasteiger partial charge on any atom is -0.368 e. The maximum Gasteiger partial charge on any atom is 0.330 e. The van der Waals surface area contributed by atoms with Crippen molar-refractivity contribution in [2.45, 2.75) is 18.5 Å². The van der Waals surface area contributed by atoms with Gasteiger partial charge in [0, 0.05) is 17.9 Å². The number of amides is 8. The maximum atomic E-state index is 12.2. The van der Waals surface area contributed by atoms with Gasteiger partial charge >= 0.3 is 18.1 Å². The quantitative estimate of drug-likeness (QED) is 0.298. The molecule has 4 bridgehead atoms. The van der Waals surface area contributed by atoms with Gasteiger partial charge in [0.15, 0.2) is 0 Å². The fourth-order valence-corrected chi connectivity index (χ4v) is 3.60. The van der Waals surface area contributed by atoms with Crippen LogP contribution in [-0.4, -0.2) is 64.4 Å². The first-order valence-electron chi connectivity index (χ1n) is 8.72. The predicted octanol–water partition coefficient (Wildman–Crippen LogP) is -1.85. The summed E-state index contributed by atoms with van der Waals surface area (Å²) in [6.07, 6.45) is -0.0411. The molecule has 30 heavy (non-hydrogen) atoms. The molecule has 0 radical (unpaired) electrons. The lowest BCUT2D eigenvalue weighted by atomic mass is 10.1. The summed E-state index contributed by atoms with van der Waals surface area (Å²) >= 11 is 1.34. The number of nitrogens with two attached hydrogens (primary N) is 1. The average Bonchev–Trinajstić information content (AvgIpc) is 3.17. The first-order valence-corrected chi connectivity index (χ1v) is 9.70. The van der Waals surface area contributed by atoms with Gasteiger partial charge in [-0.2, -0.15) is 0 Å². The molecule has 3 rings (SSSR count). The fraction of sp³-hybridized carbons (Fsp3) is 0.312. The summed E-state index contributed by atoms with van der Waals surface area (Å²) in [5.74, 6) is -0.858. The number of urea groups is 3. The molecule has 0 aromatic carbocycles. The van der Waals surface area contributed by atoms with Crippen molar-refractivity contribution in [3.8, 4) is 0 Å². The smallest absolute Gasteiger partial charge is 0.330 e. The Balaban J connectivity index is 1.86. The molecule has 14 heteroatoms. The number of hydrogen-bond donors (Lipinski definition) is 6. The molecule has 7 N–H and O–H groups in total. The summed E-state index contributed by atoms with van der Waals surface area (Å²) in [6, 6.07) is 0.0995. The van der Waals surface area contributed by atoms with Gasteiger partial charge in [0.1, 0.15) is 17.1 Å². The number of primary amides is 1. The van der Waals surface area contributed by atoms with Crippen LogP contribution >= 0.6 is 11.8 Å². The highest BCUT2D eigenvalue weighted by atomic mass is 32.2. The van der Waals surface area contributed by atoms with E-state index in [1.807, 2.05) is 10.6 Å². The van der Waals surface area contributed by atoms with Gasteiger partial charge in [0.25, 0.3) is 0 Å². The van der Waals surface area contributed by atoms with Crippen molar-refractivity contribution >= 4 is 46.7 Å². The largest absolute Gasteiger partial charge is 0.368 e. The lowest BCUT2D eigenvalue weighted by molar-refractivity contribution is -0.122. The van der Waals surface area contributed by atoms with E-state index in [-0.39, 0.29) is 13.1 Å². The van der Waals surface area contributed by atoms with Crippen LogP contribution in [0.5, 0.6) is 0 Å². The van der Waals surface area contributed by atoms with Crippen LogP contribution in [0.25, 0.3) is 0 Å². The molecule has 0 spiro atoms. The molecule has 1 unspecified atom stereocenters. The zero-order valence-corrected chi connectivity index (χ0v) is 16.2. The third kappa shape index (κ3) is 5.44. The van der Waals surface area contributed by atoms with Gasteiger partial charge in [-0.15, -0.1) is 11.8 Å². The molecule has 3 heterocycles. The Morgan fingerprint density at radius 1 is 1.07 bits per heavy atom. The molecule has 0 aliphatic carbocycles. The summed E-state index contributed by atoms with van der Waals surface area (Å²) in [5.41, 5.74) is 6.29. The van der Waals surface area contributed by atoms with E-state index in [1.165, 1.54) is 11.8 Å². The van der Waals surface area contributed by atoms with Crippen LogP contribution in [0.15, 0.2) is 23.2 Å². The van der Waals surface area contributed by atoms with Crippen molar-refractivity contribution in [2.75, 3.05) is 12.4 Å². The van der Waals surface area contributed by atoms with Crippen LogP contribution in [0, 0.1) is 0 Å². The number of carbonyl (C=O) groups is 5. The van der Waals surface area contributed by atoms with E-state index < -0.39 is 42.0 Å². The van der Waals surface area contributed by atoms with Crippen molar-refractivity contribution in [1.82, 2.24) is 31.6 Å². The second kappa shape index (κ2) is 9.21. The molecule has 13 nitrogen and oxygen atoms in total. The van der Waals surface area contributed by atoms with Gasteiger partial charge in [-0.3, -0.25) is 30.2 Å². The summed E-state index contributed by atoms with van der Waals surface area (Å²) in [5, 5.41) is 11.2. The number of thioether (sulfide) groups is 1. The highest BCUT2D eigenvalue weighted by Gasteiger charge is 2.27. The number of nitrogens with one attached hydrogen (secondary N) is 5. The Kier molecular flexibility index (Phi) is 6.46. The Bertz CT molecular complexity index is 936. The van der Waals surface area contributed by atoms with E-state index in [2.05, 4.69) is 25.9 Å². The lowest BCUT2D eigenvalue weighted by Crippen LogP contribution is -2.55. The van der Waals surface area contributed by atoms with Crippen molar-refractivity contribution in [3.05, 3.63) is 29.6 Å². The Labute approximate surface area is 174 Å². The topological polar surface area (TPSA) is 197 Å². The minimum atomic E-state index is -1.16. The highest BCUT2D eigenvalue weighted by molar-refractivity contribution is 8.14. The summed E-state index contributed by atoms with van der Waals surface area (Å²) in [7, 11) is 0. The first kappa shape index (κ1) is 21.0. The van der Waals surface area contributed by atoms with Crippen molar-refractivity contribution in [1.29, 1.82) is 0 Å². The monoisotopic (exact) mass is 434 g/mol. The summed E-state index contributed by atoms with van der Waals surface area (Å²) in [6.45, 7) is -0.256. The van der Waals surface area contributed by atoms with Gasteiger partial charge in [-0.1, -0.05) is 6.07 Å². The SMILES string of the molecule is NC(=O)[C@@H]1Cc2cccc(n2)C2=NC(CS2)C(=O)NCNC(=O)NC(=O)NC(=O)N1. The van der Waals surface area contributed by atoms with E-state index in [9.17, 15) is 24.0 Å². The molecule has 1 aromatic heterocycles. The molecule has 1 aromatic rings. The van der Waals surface area contributed by atoms with E-state index in [0.29, 0.717) is 22.2 Å². The molecule has 0 saturated heterocycles. The van der Waals surface area contributed by atoms with Gasteiger partial charge < -0.3 is 21.7 Å². The van der Waals surface area contributed by atoms with Crippen molar-refractivity contribution in [3.63, 3.8) is 0 Å². The van der Waals surface area contributed by atoms with E-state index in [0.717, 1.165) is 0 Å². The Morgan fingerprint density at radius 2 is 1.83 bits per heavy atom. The normalized spacial score (nSPS) is 22.9. The number of fused-ring (bicyclic) bond motifs is 4. The molecule has 2 atom stereocenters. The lowest BCUT2D eigenvalue weighted by Gasteiger charge is -2.16. The highest BCUT2D eigenvalue weighted by Crippen LogP contribution is 2.23. The van der Waals surface area contributed by atoms with Crippen LogP contribution in [0.2, 0.25) is 0 Å². The van der Waals surface area contributed by atoms with Crippen molar-refractivity contribution < 1.29 is 24.0 Å². The van der Waals surface area contributed by atoms with E-state index in [4.69, 9.17) is 5.73 Å². The van der Waals surface area contributed by atoms with Crippen LogP contribution in [-0.2, 0) is 16.0 Å². The van der Waals surface area contributed by atoms with Gasteiger partial charge in [0.05, 0.1) is 12.4 Å². The molecule has 8 amide bonds. The number of nitrogens with zero attached hydrogens (tertiary/aromatic N) is 2. The third-order valence-electron chi connectivity index (χ3n) is 4.01. The van der Waals surface area contributed by atoms with Gasteiger partial charge in [-0.25, -0.2) is 14.4 Å². The van der Waals surface area contributed by atoms with Crippen LogP contribution < -0.4 is 32.3 Å². The van der Waals surface area contributed by atoms with E-state index >= 15 is 0 Å². The molecule has 158 valence electrons. The van der Waals surface area contributed by atoms with E-state index in [1.54, 1.807) is 18.2 Å². The standard InChI is InChI=1S/C16H18N8O5S/c17-11(25)9-4-7-2-1-3-8(20-7)13-21-10(5-30-13)12(26)18-6-19-14(27)23-16(29)24-15(28)22-9/h1-3,9-10H,4-6H2,(H2,17,25)(H,18,26)(H4,19,22,23,24,27,28,29)/t9-,10?/m0/s1. The maximum absolute atomic E-state index is 12.2. The van der Waals surface area contributed by atoms with Crippen LogP contribution in [0.1, 0.15) is 11.4 Å². The molecule has 2 aliphatic heterocycles. The second-order valence-corrected chi connectivity index (χ2v) is 7.22. The number of rotatable bonds is 1. The molecule has 0 saturated carbocycles. The minimum absolute atomic E-state index is 0.0411. The Hall–Kier alpha value is -3.68. The predicted molar refractivity (Wildman–Crippen MR) is 105 cm³/mol. The number of aliphatic imine (C=N–C) groups is 1. The third-order valence-corrected chi connectivity index (χ3v) is 5.08. The molecule has 2 aliphatic rings. The van der Waals surface area contributed by atoms with Crippen LogP contribution in [0.3, 0.4) is 0 Å². The zero-order chi connectivity index (χ0) is 21.7. The van der Waals surface area contributed by atoms with Gasteiger partial charge in [-0.05, 0) is 12.1 Å². The van der Waals surface area contributed by atoms with Gasteiger partial charge in [0.2, 0.25) is 11.8 Å². The average molecular weight is 434 g/mol. The summed E-state index contributed by atoms with van der Waals surface area (Å²) < 4.78 is 0. The first-order chi connectivity index (χ1) is 14.3. The zero-order valence-electron chi connectivity index (χ0n) is 15.4. The number of imide groups is 2.